The van der Waals surface area contributed by atoms with Crippen LogP contribution in [0.15, 0.2) is 36.4 Å². The molecule has 2 nitrogen and oxygen atoms in total. The number of carbonyl (C=O) groups excluding carboxylic acids is 1. The van der Waals surface area contributed by atoms with Crippen molar-refractivity contribution in [3.63, 3.8) is 0 Å². The summed E-state index contributed by atoms with van der Waals surface area (Å²) in [6, 6.07) is 8.26. The number of hydrogen-bond acceptors (Lipinski definition) is 1. The first-order valence-corrected chi connectivity index (χ1v) is 7.17. The lowest BCUT2D eigenvalue weighted by atomic mass is 9.78. The first-order chi connectivity index (χ1) is 9.07. The second-order valence-electron chi connectivity index (χ2n) is 5.62. The van der Waals surface area contributed by atoms with Gasteiger partial charge in [-0.3, -0.25) is 4.79 Å². The number of anilines is 1. The minimum absolute atomic E-state index is 0.103. The van der Waals surface area contributed by atoms with Crippen LogP contribution in [0.1, 0.15) is 45.1 Å². The molecule has 2 heteroatoms. The van der Waals surface area contributed by atoms with E-state index in [0.29, 0.717) is 5.92 Å². The van der Waals surface area contributed by atoms with E-state index in [9.17, 15) is 4.79 Å². The van der Waals surface area contributed by atoms with Crippen LogP contribution in [-0.4, -0.2) is 12.5 Å². The van der Waals surface area contributed by atoms with Crippen LogP contribution in [0.25, 0.3) is 0 Å². The lowest BCUT2D eigenvalue weighted by Crippen LogP contribution is -2.40. The van der Waals surface area contributed by atoms with E-state index in [0.717, 1.165) is 30.6 Å². The number of unbranched alkanes of at least 4 members (excludes halogenated alkanes) is 1. The largest absolute Gasteiger partial charge is 0.308 e. The summed E-state index contributed by atoms with van der Waals surface area (Å²) in [7, 11) is 0. The fourth-order valence-corrected chi connectivity index (χ4v) is 2.90. The minimum atomic E-state index is 0.103. The van der Waals surface area contributed by atoms with Gasteiger partial charge in [-0.2, -0.15) is 0 Å². The molecule has 1 amide bonds. The Morgan fingerprint density at radius 1 is 1.32 bits per heavy atom. The normalized spacial score (nSPS) is 18.9. The maximum Gasteiger partial charge on any atom is 0.254 e. The summed E-state index contributed by atoms with van der Waals surface area (Å²) in [6.07, 6.45) is 2.12. The zero-order chi connectivity index (χ0) is 14.0. The van der Waals surface area contributed by atoms with E-state index in [1.54, 1.807) is 0 Å². The number of carbonyl (C=O) groups is 1. The van der Waals surface area contributed by atoms with Gasteiger partial charge < -0.3 is 4.90 Å². The van der Waals surface area contributed by atoms with Crippen LogP contribution in [0.3, 0.4) is 0 Å². The highest BCUT2D eigenvalue weighted by molar-refractivity contribution is 6.09. The molecule has 0 saturated heterocycles. The van der Waals surface area contributed by atoms with Crippen LogP contribution in [0.5, 0.6) is 0 Å². The van der Waals surface area contributed by atoms with Gasteiger partial charge in [0.15, 0.2) is 0 Å². The molecule has 0 N–H and O–H groups in total. The molecule has 102 valence electrons. The highest BCUT2D eigenvalue weighted by Crippen LogP contribution is 2.42. The molecule has 1 aliphatic heterocycles. The summed E-state index contributed by atoms with van der Waals surface area (Å²) in [5.74, 6) is 0.651. The van der Waals surface area contributed by atoms with Gasteiger partial charge in [-0.05, 0) is 24.0 Å². The van der Waals surface area contributed by atoms with Crippen molar-refractivity contribution in [2.45, 2.75) is 39.5 Å². The molecule has 2 rings (SSSR count). The van der Waals surface area contributed by atoms with Crippen molar-refractivity contribution < 1.29 is 4.79 Å². The fraction of sp³-hybridized carbons (Fsp3) is 0.471. The molecule has 0 spiro atoms. The molecule has 1 atom stereocenters. The Morgan fingerprint density at radius 2 is 2.00 bits per heavy atom. The second-order valence-corrected chi connectivity index (χ2v) is 5.62. The number of rotatable bonds is 4. The van der Waals surface area contributed by atoms with Gasteiger partial charge in [0, 0.05) is 23.7 Å². The van der Waals surface area contributed by atoms with Gasteiger partial charge in [0.25, 0.3) is 5.91 Å². The average molecular weight is 257 g/mol. The molecule has 0 fully saturated rings. The third-order valence-electron chi connectivity index (χ3n) is 3.86. The molecule has 19 heavy (non-hydrogen) atoms. The van der Waals surface area contributed by atoms with Crippen LogP contribution >= 0.6 is 0 Å². The lowest BCUT2D eigenvalue weighted by Gasteiger charge is -2.37. The van der Waals surface area contributed by atoms with Crippen molar-refractivity contribution in [1.82, 2.24) is 0 Å². The van der Waals surface area contributed by atoms with Gasteiger partial charge in [-0.25, -0.2) is 0 Å². The zero-order valence-corrected chi connectivity index (χ0v) is 12.1. The monoisotopic (exact) mass is 257 g/mol. The van der Waals surface area contributed by atoms with Crippen molar-refractivity contribution in [3.8, 4) is 0 Å². The molecule has 1 aliphatic rings. The molecule has 1 heterocycles. The van der Waals surface area contributed by atoms with Crippen LogP contribution in [0.4, 0.5) is 5.69 Å². The molecule has 0 radical (unpaired) electrons. The number of fused-ring (bicyclic) bond motifs is 1. The molecule has 0 bridgehead atoms. The fourth-order valence-electron chi connectivity index (χ4n) is 2.90. The molecule has 0 aromatic heterocycles. The number of para-hydroxylation sites is 1. The SMILES string of the molecule is C=C1C(=O)N(CCCC)c2ccccc2[C@@H]1C(C)C. The lowest BCUT2D eigenvalue weighted by molar-refractivity contribution is -0.115. The van der Waals surface area contributed by atoms with Crippen LogP contribution in [-0.2, 0) is 4.79 Å². The summed E-state index contributed by atoms with van der Waals surface area (Å²) in [5, 5.41) is 0. The van der Waals surface area contributed by atoms with Crippen molar-refractivity contribution >= 4 is 11.6 Å². The quantitative estimate of drug-likeness (QED) is 0.743. The van der Waals surface area contributed by atoms with E-state index in [4.69, 9.17) is 0 Å². The Hall–Kier alpha value is -1.57. The van der Waals surface area contributed by atoms with E-state index in [-0.39, 0.29) is 11.8 Å². The number of amides is 1. The molecule has 0 unspecified atom stereocenters. The topological polar surface area (TPSA) is 20.3 Å². The second kappa shape index (κ2) is 5.60. The van der Waals surface area contributed by atoms with Crippen molar-refractivity contribution in [2.24, 2.45) is 5.92 Å². The zero-order valence-electron chi connectivity index (χ0n) is 12.1. The minimum Gasteiger partial charge on any atom is -0.308 e. The standard InChI is InChI=1S/C17H23NO/c1-5-6-11-18-15-10-8-7-9-14(15)16(12(2)3)13(4)17(18)19/h7-10,12,16H,4-6,11H2,1-3H3/t16-/m1/s1. The maximum absolute atomic E-state index is 12.5. The van der Waals surface area contributed by atoms with Crippen LogP contribution < -0.4 is 4.90 Å². The highest BCUT2D eigenvalue weighted by Gasteiger charge is 2.35. The Bertz CT molecular complexity index is 490. The van der Waals surface area contributed by atoms with Gasteiger partial charge in [-0.1, -0.05) is 52.0 Å². The predicted molar refractivity (Wildman–Crippen MR) is 80.4 cm³/mol. The smallest absolute Gasteiger partial charge is 0.254 e. The van der Waals surface area contributed by atoms with E-state index < -0.39 is 0 Å². The summed E-state index contributed by atoms with van der Waals surface area (Å²) in [4.78, 5) is 14.4. The van der Waals surface area contributed by atoms with Gasteiger partial charge >= 0.3 is 0 Å². The molecule has 1 aromatic carbocycles. The van der Waals surface area contributed by atoms with Gasteiger partial charge in [0.2, 0.25) is 0 Å². The predicted octanol–water partition coefficient (Wildman–Crippen LogP) is 4.13. The van der Waals surface area contributed by atoms with Crippen molar-refractivity contribution in [3.05, 3.63) is 42.0 Å². The molecular formula is C17H23NO. The Morgan fingerprint density at radius 3 is 2.63 bits per heavy atom. The number of hydrogen-bond donors (Lipinski definition) is 0. The number of nitrogens with zero attached hydrogens (tertiary/aromatic N) is 1. The van der Waals surface area contributed by atoms with E-state index >= 15 is 0 Å². The van der Waals surface area contributed by atoms with E-state index in [1.807, 2.05) is 11.0 Å². The number of benzene rings is 1. The Kier molecular flexibility index (Phi) is 4.08. The Balaban J connectivity index is 2.47. The first-order valence-electron chi connectivity index (χ1n) is 7.17. The van der Waals surface area contributed by atoms with Crippen LogP contribution in [0.2, 0.25) is 0 Å². The summed E-state index contributed by atoms with van der Waals surface area (Å²) >= 11 is 0. The summed E-state index contributed by atoms with van der Waals surface area (Å²) in [5.41, 5.74) is 3.06. The molecule has 0 aliphatic carbocycles. The maximum atomic E-state index is 12.5. The molecular weight excluding hydrogens is 234 g/mol. The van der Waals surface area contributed by atoms with E-state index in [1.165, 1.54) is 5.56 Å². The third-order valence-corrected chi connectivity index (χ3v) is 3.86. The molecule has 1 aromatic rings. The van der Waals surface area contributed by atoms with Gasteiger partial charge in [0.05, 0.1) is 0 Å². The van der Waals surface area contributed by atoms with Gasteiger partial charge in [0.1, 0.15) is 0 Å². The average Bonchev–Trinajstić information content (AvgIpc) is 2.39. The molecule has 0 saturated carbocycles. The van der Waals surface area contributed by atoms with Crippen molar-refractivity contribution in [1.29, 1.82) is 0 Å². The first kappa shape index (κ1) is 13.9. The summed E-state index contributed by atoms with van der Waals surface area (Å²) in [6.45, 7) is 11.3. The van der Waals surface area contributed by atoms with E-state index in [2.05, 4.69) is 45.5 Å². The third kappa shape index (κ3) is 2.44. The van der Waals surface area contributed by atoms with Gasteiger partial charge in [-0.15, -0.1) is 0 Å². The summed E-state index contributed by atoms with van der Waals surface area (Å²) < 4.78 is 0. The van der Waals surface area contributed by atoms with Crippen molar-refractivity contribution in [2.75, 3.05) is 11.4 Å². The van der Waals surface area contributed by atoms with Crippen LogP contribution in [0, 0.1) is 5.92 Å². The Labute approximate surface area is 116 Å². The highest BCUT2D eigenvalue weighted by atomic mass is 16.2.